The van der Waals surface area contributed by atoms with E-state index in [4.69, 9.17) is 17.3 Å². The number of carbonyl (C=O) groups is 2. The molecule has 6 heteroatoms. The van der Waals surface area contributed by atoms with Gasteiger partial charge in [0.25, 0.3) is 5.91 Å². The third kappa shape index (κ3) is 3.63. The van der Waals surface area contributed by atoms with Crippen LogP contribution in [-0.4, -0.2) is 24.4 Å². The van der Waals surface area contributed by atoms with Crippen molar-refractivity contribution in [3.63, 3.8) is 0 Å². The van der Waals surface area contributed by atoms with Crippen LogP contribution in [0.2, 0.25) is 5.02 Å². The summed E-state index contributed by atoms with van der Waals surface area (Å²) < 4.78 is 0. The zero-order valence-corrected chi connectivity index (χ0v) is 11.0. The molecule has 1 unspecified atom stereocenters. The third-order valence-electron chi connectivity index (χ3n) is 2.35. The number of nitrogens with two attached hydrogens (primary N) is 1. The number of likely N-dealkylation sites (N-methyl/N-ethyl adjacent to an activating group) is 1. The Bertz CT molecular complexity index is 463. The minimum Gasteiger partial charge on any atom is -0.398 e. The first kappa shape index (κ1) is 14.3. The number of rotatable bonds is 4. The Hall–Kier alpha value is -1.75. The van der Waals surface area contributed by atoms with Crippen LogP contribution in [0.5, 0.6) is 0 Å². The second kappa shape index (κ2) is 6.26. The fourth-order valence-corrected chi connectivity index (χ4v) is 1.59. The summed E-state index contributed by atoms with van der Waals surface area (Å²) in [6.07, 6.45) is 0. The van der Waals surface area contributed by atoms with Crippen molar-refractivity contribution in [2.24, 2.45) is 0 Å². The lowest BCUT2D eigenvalue weighted by Gasteiger charge is -2.14. The van der Waals surface area contributed by atoms with E-state index in [1.54, 1.807) is 13.0 Å². The van der Waals surface area contributed by atoms with Crippen molar-refractivity contribution in [2.75, 3.05) is 12.3 Å². The lowest BCUT2D eigenvalue weighted by atomic mass is 10.1. The van der Waals surface area contributed by atoms with Gasteiger partial charge in [0, 0.05) is 17.3 Å². The van der Waals surface area contributed by atoms with Gasteiger partial charge in [0.05, 0.1) is 5.56 Å². The van der Waals surface area contributed by atoms with Crippen LogP contribution in [0.25, 0.3) is 0 Å². The molecule has 0 saturated carbocycles. The van der Waals surface area contributed by atoms with Crippen LogP contribution in [0, 0.1) is 0 Å². The smallest absolute Gasteiger partial charge is 0.254 e. The molecule has 0 saturated heterocycles. The molecule has 0 aromatic heterocycles. The maximum absolute atomic E-state index is 11.9. The van der Waals surface area contributed by atoms with Gasteiger partial charge < -0.3 is 16.4 Å². The van der Waals surface area contributed by atoms with Gasteiger partial charge in [0.2, 0.25) is 5.91 Å². The van der Waals surface area contributed by atoms with Crippen LogP contribution in [0.15, 0.2) is 18.2 Å². The average molecular weight is 270 g/mol. The van der Waals surface area contributed by atoms with Gasteiger partial charge in [-0.05, 0) is 32.0 Å². The van der Waals surface area contributed by atoms with Crippen molar-refractivity contribution in [1.82, 2.24) is 10.6 Å². The lowest BCUT2D eigenvalue weighted by molar-refractivity contribution is -0.122. The second-order valence-corrected chi connectivity index (χ2v) is 4.26. The Morgan fingerprint density at radius 2 is 2.11 bits per heavy atom. The van der Waals surface area contributed by atoms with E-state index >= 15 is 0 Å². The van der Waals surface area contributed by atoms with Crippen molar-refractivity contribution in [3.8, 4) is 0 Å². The standard InChI is InChI=1S/C12H16ClN3O2/c1-3-15-11(17)7(2)16-12(18)9-5-4-8(13)6-10(9)14/h4-7H,3,14H2,1-2H3,(H,15,17)(H,16,18). The number of carbonyl (C=O) groups excluding carboxylic acids is 2. The molecule has 1 aromatic carbocycles. The molecule has 4 N–H and O–H groups in total. The number of nitrogens with one attached hydrogen (secondary N) is 2. The highest BCUT2D eigenvalue weighted by Gasteiger charge is 2.17. The highest BCUT2D eigenvalue weighted by Crippen LogP contribution is 2.17. The highest BCUT2D eigenvalue weighted by atomic mass is 35.5. The fourth-order valence-electron chi connectivity index (χ4n) is 1.41. The van der Waals surface area contributed by atoms with E-state index in [9.17, 15) is 9.59 Å². The van der Waals surface area contributed by atoms with Crippen molar-refractivity contribution in [2.45, 2.75) is 19.9 Å². The van der Waals surface area contributed by atoms with E-state index in [1.165, 1.54) is 12.1 Å². The zero-order valence-electron chi connectivity index (χ0n) is 10.3. The predicted octanol–water partition coefficient (Wildman–Crippen LogP) is 1.18. The number of halogens is 1. The number of anilines is 1. The monoisotopic (exact) mass is 269 g/mol. The molecule has 2 amide bonds. The number of hydrogen-bond donors (Lipinski definition) is 3. The fraction of sp³-hybridized carbons (Fsp3) is 0.333. The predicted molar refractivity (Wildman–Crippen MR) is 71.5 cm³/mol. The molecule has 5 nitrogen and oxygen atoms in total. The number of nitrogen functional groups attached to an aromatic ring is 1. The summed E-state index contributed by atoms with van der Waals surface area (Å²) in [5, 5.41) is 5.65. The largest absolute Gasteiger partial charge is 0.398 e. The second-order valence-electron chi connectivity index (χ2n) is 3.82. The quantitative estimate of drug-likeness (QED) is 0.718. The van der Waals surface area contributed by atoms with Gasteiger partial charge in [-0.1, -0.05) is 11.6 Å². The summed E-state index contributed by atoms with van der Waals surface area (Å²) in [4.78, 5) is 23.4. The molecule has 0 fully saturated rings. The summed E-state index contributed by atoms with van der Waals surface area (Å²) in [6.45, 7) is 3.93. The number of benzene rings is 1. The molecule has 0 aliphatic heterocycles. The van der Waals surface area contributed by atoms with Crippen molar-refractivity contribution >= 4 is 29.1 Å². The van der Waals surface area contributed by atoms with Crippen molar-refractivity contribution < 1.29 is 9.59 Å². The molecular formula is C12H16ClN3O2. The molecule has 0 spiro atoms. The minimum absolute atomic E-state index is 0.238. The van der Waals surface area contributed by atoms with Crippen molar-refractivity contribution in [1.29, 1.82) is 0 Å². The Morgan fingerprint density at radius 1 is 1.44 bits per heavy atom. The summed E-state index contributed by atoms with van der Waals surface area (Å²) >= 11 is 5.74. The van der Waals surface area contributed by atoms with E-state index in [0.717, 1.165) is 0 Å². The van der Waals surface area contributed by atoms with E-state index in [-0.39, 0.29) is 11.6 Å². The Morgan fingerprint density at radius 3 is 2.67 bits per heavy atom. The maximum Gasteiger partial charge on any atom is 0.254 e. The van der Waals surface area contributed by atoms with Crippen LogP contribution in [0.3, 0.4) is 0 Å². The normalized spacial score (nSPS) is 11.7. The van der Waals surface area contributed by atoms with Crippen LogP contribution in [0.4, 0.5) is 5.69 Å². The van der Waals surface area contributed by atoms with E-state index in [2.05, 4.69) is 10.6 Å². The van der Waals surface area contributed by atoms with Crippen LogP contribution in [-0.2, 0) is 4.79 Å². The molecular weight excluding hydrogens is 254 g/mol. The zero-order chi connectivity index (χ0) is 13.7. The molecule has 1 rings (SSSR count). The van der Waals surface area contributed by atoms with Gasteiger partial charge in [0.1, 0.15) is 6.04 Å². The van der Waals surface area contributed by atoms with Gasteiger partial charge in [-0.15, -0.1) is 0 Å². The molecule has 98 valence electrons. The van der Waals surface area contributed by atoms with Crippen molar-refractivity contribution in [3.05, 3.63) is 28.8 Å². The van der Waals surface area contributed by atoms with Gasteiger partial charge in [-0.3, -0.25) is 9.59 Å². The topological polar surface area (TPSA) is 84.2 Å². The Labute approximate surface area is 111 Å². The third-order valence-corrected chi connectivity index (χ3v) is 2.59. The van der Waals surface area contributed by atoms with E-state index < -0.39 is 11.9 Å². The first-order valence-corrected chi connectivity index (χ1v) is 5.97. The van der Waals surface area contributed by atoms with Crippen LogP contribution >= 0.6 is 11.6 Å². The molecule has 18 heavy (non-hydrogen) atoms. The van der Waals surface area contributed by atoms with Gasteiger partial charge >= 0.3 is 0 Å². The number of amides is 2. The Balaban J connectivity index is 2.73. The molecule has 1 atom stereocenters. The summed E-state index contributed by atoms with van der Waals surface area (Å²) in [5.74, 6) is -0.638. The highest BCUT2D eigenvalue weighted by molar-refractivity contribution is 6.31. The minimum atomic E-state index is -0.618. The first-order chi connectivity index (χ1) is 8.45. The van der Waals surface area contributed by atoms with E-state index in [0.29, 0.717) is 17.1 Å². The van der Waals surface area contributed by atoms with Crippen LogP contribution in [0.1, 0.15) is 24.2 Å². The molecule has 0 radical (unpaired) electrons. The molecule has 0 aliphatic rings. The summed E-state index contributed by atoms with van der Waals surface area (Å²) in [6, 6.07) is 3.97. The number of hydrogen-bond acceptors (Lipinski definition) is 3. The molecule has 0 bridgehead atoms. The maximum atomic E-state index is 11.9. The van der Waals surface area contributed by atoms with Gasteiger partial charge in [-0.2, -0.15) is 0 Å². The van der Waals surface area contributed by atoms with Gasteiger partial charge in [0.15, 0.2) is 0 Å². The van der Waals surface area contributed by atoms with E-state index in [1.807, 2.05) is 6.92 Å². The molecule has 0 heterocycles. The SMILES string of the molecule is CCNC(=O)C(C)NC(=O)c1ccc(Cl)cc1N. The summed E-state index contributed by atoms with van der Waals surface area (Å²) in [7, 11) is 0. The lowest BCUT2D eigenvalue weighted by Crippen LogP contribution is -2.44. The average Bonchev–Trinajstić information content (AvgIpc) is 2.28. The first-order valence-electron chi connectivity index (χ1n) is 5.59. The van der Waals surface area contributed by atoms with Gasteiger partial charge in [-0.25, -0.2) is 0 Å². The summed E-state index contributed by atoms with van der Waals surface area (Å²) in [5.41, 5.74) is 6.27. The molecule has 1 aromatic rings. The Kier molecular flexibility index (Phi) is 4.97. The van der Waals surface area contributed by atoms with Crippen LogP contribution < -0.4 is 16.4 Å². The molecule has 0 aliphatic carbocycles.